The Hall–Kier alpha value is -2.22. The van der Waals surface area contributed by atoms with E-state index in [2.05, 4.69) is 20.0 Å². The molecular formula is C9H7N3O4S. The van der Waals surface area contributed by atoms with Gasteiger partial charge in [0.2, 0.25) is 5.76 Å². The molecule has 0 aliphatic carbocycles. The predicted molar refractivity (Wildman–Crippen MR) is 57.9 cm³/mol. The van der Waals surface area contributed by atoms with Gasteiger partial charge in [-0.05, 0) is 0 Å². The van der Waals surface area contributed by atoms with Crippen molar-refractivity contribution in [2.45, 2.75) is 6.42 Å². The normalized spacial score (nSPS) is 10.1. The first kappa shape index (κ1) is 11.3. The van der Waals surface area contributed by atoms with Crippen LogP contribution >= 0.6 is 11.3 Å². The number of carboxylic acids is 1. The van der Waals surface area contributed by atoms with E-state index in [1.165, 1.54) is 12.3 Å². The number of thiazole rings is 1. The average molecular weight is 253 g/mol. The van der Waals surface area contributed by atoms with Crippen LogP contribution in [0.2, 0.25) is 0 Å². The van der Waals surface area contributed by atoms with Crippen molar-refractivity contribution in [3.8, 4) is 0 Å². The molecule has 0 bridgehead atoms. The van der Waals surface area contributed by atoms with Crippen LogP contribution in [0.15, 0.2) is 22.2 Å². The van der Waals surface area contributed by atoms with Crippen LogP contribution in [0.3, 0.4) is 0 Å². The van der Waals surface area contributed by atoms with E-state index in [1.54, 1.807) is 5.38 Å². The van der Waals surface area contributed by atoms with Gasteiger partial charge in [0.25, 0.3) is 5.91 Å². The van der Waals surface area contributed by atoms with Crippen LogP contribution in [-0.4, -0.2) is 27.1 Å². The van der Waals surface area contributed by atoms with Crippen LogP contribution < -0.4 is 5.32 Å². The van der Waals surface area contributed by atoms with E-state index >= 15 is 0 Å². The van der Waals surface area contributed by atoms with Crippen molar-refractivity contribution in [1.82, 2.24) is 10.1 Å². The molecule has 0 spiro atoms. The molecule has 88 valence electrons. The van der Waals surface area contributed by atoms with Gasteiger partial charge in [0, 0.05) is 11.4 Å². The molecule has 17 heavy (non-hydrogen) atoms. The van der Waals surface area contributed by atoms with Crippen molar-refractivity contribution in [3.63, 3.8) is 0 Å². The fourth-order valence-electron chi connectivity index (χ4n) is 1.09. The molecule has 0 saturated carbocycles. The number of nitrogens with zero attached hydrogens (tertiary/aromatic N) is 2. The summed E-state index contributed by atoms with van der Waals surface area (Å²) in [7, 11) is 0. The quantitative estimate of drug-likeness (QED) is 0.842. The Morgan fingerprint density at radius 1 is 1.53 bits per heavy atom. The van der Waals surface area contributed by atoms with Crippen molar-refractivity contribution in [2.24, 2.45) is 0 Å². The van der Waals surface area contributed by atoms with Crippen molar-refractivity contribution in [3.05, 3.63) is 29.1 Å². The van der Waals surface area contributed by atoms with Crippen molar-refractivity contribution >= 4 is 28.3 Å². The fraction of sp³-hybridized carbons (Fsp3) is 0.111. The lowest BCUT2D eigenvalue weighted by Gasteiger charge is -1.95. The maximum atomic E-state index is 11.5. The number of carbonyl (C=O) groups excluding carboxylic acids is 1. The van der Waals surface area contributed by atoms with E-state index in [-0.39, 0.29) is 12.2 Å². The zero-order valence-electron chi connectivity index (χ0n) is 8.41. The second kappa shape index (κ2) is 4.74. The van der Waals surface area contributed by atoms with Gasteiger partial charge in [0.05, 0.1) is 18.3 Å². The molecule has 2 N–H and O–H groups in total. The molecular weight excluding hydrogens is 246 g/mol. The second-order valence-electron chi connectivity index (χ2n) is 3.05. The Morgan fingerprint density at radius 3 is 3.00 bits per heavy atom. The summed E-state index contributed by atoms with van der Waals surface area (Å²) < 4.78 is 4.66. The third-order valence-corrected chi connectivity index (χ3v) is 2.57. The van der Waals surface area contributed by atoms with E-state index in [9.17, 15) is 9.59 Å². The van der Waals surface area contributed by atoms with E-state index in [4.69, 9.17) is 5.11 Å². The van der Waals surface area contributed by atoms with Gasteiger partial charge in [0.1, 0.15) is 0 Å². The van der Waals surface area contributed by atoms with Gasteiger partial charge in [-0.1, -0.05) is 5.16 Å². The maximum absolute atomic E-state index is 11.5. The third-order valence-electron chi connectivity index (χ3n) is 1.77. The summed E-state index contributed by atoms with van der Waals surface area (Å²) in [6.07, 6.45) is 1.18. The number of carboxylic acid groups (broad SMARTS) is 1. The SMILES string of the molecule is O=C(O)Cc1csc(NC(=O)c2ccno2)n1. The first-order valence-electron chi connectivity index (χ1n) is 4.53. The summed E-state index contributed by atoms with van der Waals surface area (Å²) in [5, 5.41) is 16.3. The summed E-state index contributed by atoms with van der Waals surface area (Å²) >= 11 is 1.15. The van der Waals surface area contributed by atoms with Gasteiger partial charge in [-0.3, -0.25) is 14.9 Å². The number of amides is 1. The summed E-state index contributed by atoms with van der Waals surface area (Å²) in [5.74, 6) is -1.37. The molecule has 0 aromatic carbocycles. The van der Waals surface area contributed by atoms with Gasteiger partial charge < -0.3 is 9.63 Å². The van der Waals surface area contributed by atoms with E-state index < -0.39 is 11.9 Å². The van der Waals surface area contributed by atoms with E-state index in [0.29, 0.717) is 10.8 Å². The highest BCUT2D eigenvalue weighted by Gasteiger charge is 2.12. The molecule has 0 unspecified atom stereocenters. The van der Waals surface area contributed by atoms with Gasteiger partial charge in [-0.2, -0.15) is 0 Å². The summed E-state index contributed by atoms with van der Waals surface area (Å²) in [4.78, 5) is 25.9. The number of rotatable bonds is 4. The minimum Gasteiger partial charge on any atom is -0.481 e. The highest BCUT2D eigenvalue weighted by Crippen LogP contribution is 2.16. The number of aliphatic carboxylic acids is 1. The zero-order chi connectivity index (χ0) is 12.3. The van der Waals surface area contributed by atoms with Crippen molar-refractivity contribution in [2.75, 3.05) is 5.32 Å². The van der Waals surface area contributed by atoms with Gasteiger partial charge in [0.15, 0.2) is 5.13 Å². The first-order chi connectivity index (χ1) is 8.15. The zero-order valence-corrected chi connectivity index (χ0v) is 9.23. The Bertz CT molecular complexity index is 534. The molecule has 2 heterocycles. The summed E-state index contributed by atoms with van der Waals surface area (Å²) in [5.41, 5.74) is 0.398. The van der Waals surface area contributed by atoms with Gasteiger partial charge in [-0.15, -0.1) is 11.3 Å². The van der Waals surface area contributed by atoms with Gasteiger partial charge in [-0.25, -0.2) is 4.98 Å². The van der Waals surface area contributed by atoms with Crippen molar-refractivity contribution in [1.29, 1.82) is 0 Å². The van der Waals surface area contributed by atoms with E-state index in [0.717, 1.165) is 11.3 Å². The largest absolute Gasteiger partial charge is 0.481 e. The lowest BCUT2D eigenvalue weighted by atomic mass is 10.3. The lowest BCUT2D eigenvalue weighted by Crippen LogP contribution is -2.10. The third kappa shape index (κ3) is 2.88. The van der Waals surface area contributed by atoms with Crippen LogP contribution in [0.1, 0.15) is 16.2 Å². The molecule has 0 fully saturated rings. The first-order valence-corrected chi connectivity index (χ1v) is 5.41. The highest BCUT2D eigenvalue weighted by atomic mass is 32.1. The number of anilines is 1. The molecule has 1 amide bonds. The van der Waals surface area contributed by atoms with Crippen LogP contribution in [0.25, 0.3) is 0 Å². The van der Waals surface area contributed by atoms with Crippen LogP contribution in [0.5, 0.6) is 0 Å². The number of hydrogen-bond donors (Lipinski definition) is 2. The molecule has 0 saturated heterocycles. The number of nitrogens with one attached hydrogen (secondary N) is 1. The van der Waals surface area contributed by atoms with Crippen LogP contribution in [-0.2, 0) is 11.2 Å². The fourth-order valence-corrected chi connectivity index (χ4v) is 1.80. The molecule has 2 aromatic rings. The second-order valence-corrected chi connectivity index (χ2v) is 3.90. The Morgan fingerprint density at radius 2 is 2.35 bits per heavy atom. The van der Waals surface area contributed by atoms with Crippen LogP contribution in [0, 0.1) is 0 Å². The molecule has 0 atom stereocenters. The molecule has 7 nitrogen and oxygen atoms in total. The van der Waals surface area contributed by atoms with E-state index in [1.807, 2.05) is 0 Å². The molecule has 0 aliphatic heterocycles. The summed E-state index contributed by atoms with van der Waals surface area (Å²) in [6, 6.07) is 1.42. The predicted octanol–water partition coefficient (Wildman–Crippen LogP) is 1.01. The standard InChI is InChI=1S/C9H7N3O4S/c13-7(14)3-5-4-17-9(11-5)12-8(15)6-1-2-10-16-6/h1-2,4H,3H2,(H,13,14)(H,11,12,15). The molecule has 8 heteroatoms. The van der Waals surface area contributed by atoms with Gasteiger partial charge >= 0.3 is 5.97 Å². The molecule has 0 radical (unpaired) electrons. The number of carbonyl (C=O) groups is 2. The number of aromatic nitrogens is 2. The monoisotopic (exact) mass is 253 g/mol. The minimum absolute atomic E-state index is 0.0694. The molecule has 2 aromatic heterocycles. The topological polar surface area (TPSA) is 105 Å². The maximum Gasteiger partial charge on any atom is 0.309 e. The Labute approximate surface area is 99.1 Å². The molecule has 0 aliphatic rings. The van der Waals surface area contributed by atoms with Crippen LogP contribution in [0.4, 0.5) is 5.13 Å². The average Bonchev–Trinajstić information content (AvgIpc) is 2.87. The lowest BCUT2D eigenvalue weighted by molar-refractivity contribution is -0.136. The minimum atomic E-state index is -0.969. The molecule has 2 rings (SSSR count). The smallest absolute Gasteiger partial charge is 0.309 e. The number of hydrogen-bond acceptors (Lipinski definition) is 6. The Kier molecular flexibility index (Phi) is 3.15. The summed E-state index contributed by atoms with van der Waals surface area (Å²) in [6.45, 7) is 0. The Balaban J connectivity index is 2.02. The van der Waals surface area contributed by atoms with Crippen molar-refractivity contribution < 1.29 is 19.2 Å². The highest BCUT2D eigenvalue weighted by molar-refractivity contribution is 7.14.